The van der Waals surface area contributed by atoms with Gasteiger partial charge in [0, 0.05) is 17.0 Å². The molecule has 0 unspecified atom stereocenters. The lowest BCUT2D eigenvalue weighted by molar-refractivity contribution is 0.295. The molecule has 2 N–H and O–H groups in total. The van der Waals surface area contributed by atoms with E-state index in [9.17, 15) is 0 Å². The molecule has 2 aromatic carbocycles. The minimum atomic E-state index is 0.346. The Kier molecular flexibility index (Phi) is 3.79. The molecular weight excluding hydrogens is 280 g/mol. The Hall–Kier alpha value is -2.46. The molecule has 0 fully saturated rings. The van der Waals surface area contributed by atoms with Crippen molar-refractivity contribution in [1.29, 1.82) is 0 Å². The monoisotopic (exact) mass is 294 g/mol. The van der Waals surface area contributed by atoms with E-state index >= 15 is 0 Å². The van der Waals surface area contributed by atoms with E-state index in [2.05, 4.69) is 4.98 Å². The fourth-order valence-corrected chi connectivity index (χ4v) is 2.33. The van der Waals surface area contributed by atoms with Crippen LogP contribution in [0.15, 0.2) is 60.7 Å². The zero-order valence-electron chi connectivity index (χ0n) is 11.3. The zero-order valence-corrected chi connectivity index (χ0v) is 12.1. The molecule has 0 bridgehead atoms. The average molecular weight is 294 g/mol. The molecule has 1 heterocycles. The number of rotatable bonds is 4. The predicted octanol–water partition coefficient (Wildman–Crippen LogP) is 3.45. The first kappa shape index (κ1) is 13.5. The van der Waals surface area contributed by atoms with Crippen LogP contribution in [0.3, 0.4) is 0 Å². The molecule has 3 aromatic rings. The molecule has 1 aromatic heterocycles. The van der Waals surface area contributed by atoms with Crippen molar-refractivity contribution in [2.24, 2.45) is 5.73 Å². The van der Waals surface area contributed by atoms with Gasteiger partial charge in [-0.3, -0.25) is 0 Å². The van der Waals surface area contributed by atoms with Crippen LogP contribution in [0.4, 0.5) is 0 Å². The van der Waals surface area contributed by atoms with Crippen molar-refractivity contribution in [3.63, 3.8) is 0 Å². The van der Waals surface area contributed by atoms with Crippen molar-refractivity contribution in [1.82, 2.24) is 4.98 Å². The molecule has 4 heteroatoms. The van der Waals surface area contributed by atoms with Gasteiger partial charge >= 0.3 is 0 Å². The number of nitrogens with two attached hydrogens (primary N) is 1. The number of nitrogens with zero attached hydrogens (tertiary/aromatic N) is 1. The van der Waals surface area contributed by atoms with Crippen LogP contribution < -0.4 is 10.5 Å². The summed E-state index contributed by atoms with van der Waals surface area (Å²) < 4.78 is 5.76. The van der Waals surface area contributed by atoms with E-state index in [-0.39, 0.29) is 0 Å². The summed E-state index contributed by atoms with van der Waals surface area (Å²) in [6, 6.07) is 19.5. The normalized spacial score (nSPS) is 10.5. The van der Waals surface area contributed by atoms with Crippen molar-refractivity contribution >= 4 is 28.1 Å². The smallest absolute Gasteiger partial charge is 0.214 e. The summed E-state index contributed by atoms with van der Waals surface area (Å²) >= 11 is 5.12. The highest BCUT2D eigenvalue weighted by atomic mass is 32.1. The van der Waals surface area contributed by atoms with Crippen molar-refractivity contribution < 1.29 is 4.74 Å². The molecule has 0 radical (unpaired) electrons. The number of benzene rings is 2. The molecule has 0 aliphatic carbocycles. The van der Waals surface area contributed by atoms with Crippen molar-refractivity contribution in [3.05, 3.63) is 71.8 Å². The summed E-state index contributed by atoms with van der Waals surface area (Å²) in [5.41, 5.74) is 8.51. The van der Waals surface area contributed by atoms with E-state index in [1.807, 2.05) is 54.6 Å². The van der Waals surface area contributed by atoms with Crippen LogP contribution in [-0.2, 0) is 6.61 Å². The van der Waals surface area contributed by atoms with Crippen LogP contribution in [0, 0.1) is 0 Å². The zero-order chi connectivity index (χ0) is 14.7. The molecule has 0 atom stereocenters. The maximum absolute atomic E-state index is 5.80. The predicted molar refractivity (Wildman–Crippen MR) is 88.4 cm³/mol. The quantitative estimate of drug-likeness (QED) is 0.749. The van der Waals surface area contributed by atoms with Gasteiger partial charge in [0.15, 0.2) is 0 Å². The van der Waals surface area contributed by atoms with Gasteiger partial charge in [0.2, 0.25) is 5.88 Å². The van der Waals surface area contributed by atoms with Gasteiger partial charge < -0.3 is 10.5 Å². The lowest BCUT2D eigenvalue weighted by atomic mass is 10.1. The first-order chi connectivity index (χ1) is 10.2. The van der Waals surface area contributed by atoms with Crippen LogP contribution in [0.2, 0.25) is 0 Å². The standard InChI is InChI=1S/C17H14N2OS/c18-17(21)14-10-16(19-15-9-5-4-8-13(14)15)20-11-12-6-2-1-3-7-12/h1-10H,11H2,(H2,18,21). The number of hydrogen-bond acceptors (Lipinski definition) is 3. The number of aromatic nitrogens is 1. The lowest BCUT2D eigenvalue weighted by Crippen LogP contribution is -2.11. The number of ether oxygens (including phenoxy) is 1. The van der Waals surface area contributed by atoms with E-state index in [0.29, 0.717) is 17.5 Å². The fourth-order valence-electron chi connectivity index (χ4n) is 2.16. The van der Waals surface area contributed by atoms with Gasteiger partial charge in [0.25, 0.3) is 0 Å². The summed E-state index contributed by atoms with van der Waals surface area (Å²) in [5, 5.41) is 0.942. The molecule has 0 aliphatic rings. The minimum Gasteiger partial charge on any atom is -0.473 e. The number of para-hydroxylation sites is 1. The third-order valence-electron chi connectivity index (χ3n) is 3.19. The van der Waals surface area contributed by atoms with Crippen LogP contribution in [0.5, 0.6) is 5.88 Å². The fraction of sp³-hybridized carbons (Fsp3) is 0.0588. The Morgan fingerprint density at radius 1 is 1.05 bits per heavy atom. The maximum atomic E-state index is 5.80. The van der Waals surface area contributed by atoms with Gasteiger partial charge in [-0.2, -0.15) is 0 Å². The second-order valence-electron chi connectivity index (χ2n) is 4.66. The largest absolute Gasteiger partial charge is 0.473 e. The van der Waals surface area contributed by atoms with Gasteiger partial charge in [-0.1, -0.05) is 60.7 Å². The first-order valence-corrected chi connectivity index (χ1v) is 7.01. The van der Waals surface area contributed by atoms with Crippen molar-refractivity contribution in [3.8, 4) is 5.88 Å². The Balaban J connectivity index is 1.94. The summed E-state index contributed by atoms with van der Waals surface area (Å²) in [4.78, 5) is 4.84. The molecule has 3 nitrogen and oxygen atoms in total. The number of fused-ring (bicyclic) bond motifs is 1. The van der Waals surface area contributed by atoms with E-state index in [1.54, 1.807) is 6.07 Å². The minimum absolute atomic E-state index is 0.346. The highest BCUT2D eigenvalue weighted by Gasteiger charge is 2.08. The molecule has 0 amide bonds. The average Bonchev–Trinajstić information content (AvgIpc) is 2.53. The van der Waals surface area contributed by atoms with E-state index in [4.69, 9.17) is 22.7 Å². The van der Waals surface area contributed by atoms with E-state index in [1.165, 1.54) is 0 Å². The van der Waals surface area contributed by atoms with Crippen LogP contribution in [-0.4, -0.2) is 9.97 Å². The number of hydrogen-bond donors (Lipinski definition) is 1. The van der Waals surface area contributed by atoms with Gasteiger partial charge in [0.1, 0.15) is 11.6 Å². The molecule has 0 saturated heterocycles. The Morgan fingerprint density at radius 3 is 2.52 bits per heavy atom. The van der Waals surface area contributed by atoms with E-state index < -0.39 is 0 Å². The first-order valence-electron chi connectivity index (χ1n) is 6.60. The van der Waals surface area contributed by atoms with E-state index in [0.717, 1.165) is 22.0 Å². The molecule has 104 valence electrons. The lowest BCUT2D eigenvalue weighted by Gasteiger charge is -2.10. The second-order valence-corrected chi connectivity index (χ2v) is 5.10. The van der Waals surface area contributed by atoms with Crippen molar-refractivity contribution in [2.45, 2.75) is 6.61 Å². The van der Waals surface area contributed by atoms with Gasteiger partial charge in [0.05, 0.1) is 5.52 Å². The molecule has 0 spiro atoms. The Labute approximate surface area is 128 Å². The molecule has 0 aliphatic heterocycles. The summed E-state index contributed by atoms with van der Waals surface area (Å²) in [6.07, 6.45) is 0. The topological polar surface area (TPSA) is 48.1 Å². The summed E-state index contributed by atoms with van der Waals surface area (Å²) in [7, 11) is 0. The number of pyridine rings is 1. The van der Waals surface area contributed by atoms with Crippen LogP contribution in [0.25, 0.3) is 10.9 Å². The van der Waals surface area contributed by atoms with Crippen LogP contribution in [0.1, 0.15) is 11.1 Å². The number of thiocarbonyl (C=S) groups is 1. The maximum Gasteiger partial charge on any atom is 0.214 e. The Bertz CT molecular complexity index is 787. The molecular formula is C17H14N2OS. The third-order valence-corrected chi connectivity index (χ3v) is 3.41. The van der Waals surface area contributed by atoms with Gasteiger partial charge in [-0.15, -0.1) is 0 Å². The van der Waals surface area contributed by atoms with Crippen LogP contribution >= 0.6 is 12.2 Å². The third kappa shape index (κ3) is 3.01. The molecule has 3 rings (SSSR count). The molecule has 21 heavy (non-hydrogen) atoms. The van der Waals surface area contributed by atoms with Crippen molar-refractivity contribution in [2.75, 3.05) is 0 Å². The highest BCUT2D eigenvalue weighted by molar-refractivity contribution is 7.80. The summed E-state index contributed by atoms with van der Waals surface area (Å²) in [5.74, 6) is 0.528. The summed E-state index contributed by atoms with van der Waals surface area (Å²) in [6.45, 7) is 0.461. The second kappa shape index (κ2) is 5.89. The Morgan fingerprint density at radius 2 is 1.76 bits per heavy atom. The highest BCUT2D eigenvalue weighted by Crippen LogP contribution is 2.22. The van der Waals surface area contributed by atoms with Gasteiger partial charge in [-0.05, 0) is 11.6 Å². The van der Waals surface area contributed by atoms with Gasteiger partial charge in [-0.25, -0.2) is 4.98 Å². The SMILES string of the molecule is NC(=S)c1cc(OCc2ccccc2)nc2ccccc12. The molecule has 0 saturated carbocycles.